The van der Waals surface area contributed by atoms with Gasteiger partial charge in [-0.15, -0.1) is 0 Å². The Morgan fingerprint density at radius 1 is 0.412 bits per heavy atom. The standard InChI is InChI=1S/C44H38N2O.C29H26N2O.4BrH.2Ni/c1-44(2)31-47-43(46-44)41(36-27-16-7-17-28-36)45-42-37(39(32-19-8-3-9-20-32)33-21-10-4-11-22-33)29-18-30-38(42)40(34-23-12-5-13-24-34)35-25-14-6-15-26-35;1-20-15-17-21(18-16-20)23-11-7-13-25-24(23)12-8-14-26(25)30-27(22-9-5-4-6-10-22)28-31-29(2,3)19-32-28;;;;;;/h3-30,39-40H,31H2,1-2H3;4-18H,19H2,1-3H3;4*1H;;/q;;;;;;2*+2/p-4. The molecule has 0 unspecified atom stereocenters. The van der Waals surface area contributed by atoms with Crippen LogP contribution in [0, 0.1) is 6.92 Å². The van der Waals surface area contributed by atoms with Gasteiger partial charge in [-0.25, -0.2) is 20.0 Å². The van der Waals surface area contributed by atoms with E-state index in [2.05, 4.69) is 316 Å². The summed E-state index contributed by atoms with van der Waals surface area (Å²) >= 11 is 12.0. The van der Waals surface area contributed by atoms with Crippen molar-refractivity contribution in [3.05, 3.63) is 311 Å². The summed E-state index contributed by atoms with van der Waals surface area (Å²) in [4.78, 5) is 20.6. The molecule has 0 spiro atoms. The predicted molar refractivity (Wildman–Crippen MR) is 364 cm³/mol. The van der Waals surface area contributed by atoms with Gasteiger partial charge in [0.2, 0.25) is 11.8 Å². The van der Waals surface area contributed by atoms with Crippen molar-refractivity contribution < 1.29 is 31.3 Å². The SMILES string of the molecule is CC1(C)COC(C(=Nc2c(C(c3ccccc3)c3ccccc3)cccc2C(c2ccccc2)c2ccccc2)c2ccccc2)=N1.Cc1ccc(-c2cccc3c(N=C(C4=NC(C)(C)CO4)c4ccccc4)cccc23)cc1.[Br][Ni][Br].[Br][Ni][Br]. The molecule has 0 amide bonds. The molecular weight excluding hydrogens is 1400 g/mol. The third-order valence-electron chi connectivity index (χ3n) is 14.4. The molecule has 0 aliphatic carbocycles. The van der Waals surface area contributed by atoms with Gasteiger partial charge in [0.05, 0.1) is 22.5 Å². The first-order valence-electron chi connectivity index (χ1n) is 27.7. The van der Waals surface area contributed by atoms with Gasteiger partial charge in [-0.05, 0) is 90.6 Å². The summed E-state index contributed by atoms with van der Waals surface area (Å²) in [5, 5.41) is 2.29. The van der Waals surface area contributed by atoms with Crippen LogP contribution in [0.5, 0.6) is 0 Å². The third-order valence-corrected chi connectivity index (χ3v) is 14.4. The van der Waals surface area contributed by atoms with Crippen molar-refractivity contribution in [1.82, 2.24) is 0 Å². The molecule has 0 fully saturated rings. The van der Waals surface area contributed by atoms with Crippen molar-refractivity contribution in [2.75, 3.05) is 13.2 Å². The van der Waals surface area contributed by atoms with Crippen molar-refractivity contribution in [2.24, 2.45) is 20.0 Å². The fourth-order valence-electron chi connectivity index (χ4n) is 10.5. The fourth-order valence-corrected chi connectivity index (χ4v) is 10.5. The summed E-state index contributed by atoms with van der Waals surface area (Å²) in [6.07, 6.45) is 0. The van der Waals surface area contributed by atoms with E-state index in [9.17, 15) is 0 Å². The molecule has 12 rings (SSSR count). The molecule has 0 saturated carbocycles. The Bertz CT molecular complexity index is 3710. The van der Waals surface area contributed by atoms with Crippen LogP contribution in [-0.4, -0.2) is 47.5 Å². The number of ether oxygens (including phenoxy) is 2. The van der Waals surface area contributed by atoms with Crippen molar-refractivity contribution >= 4 is 102 Å². The Morgan fingerprint density at radius 2 is 0.765 bits per heavy atom. The second kappa shape index (κ2) is 30.8. The zero-order valence-corrected chi connectivity index (χ0v) is 56.0. The van der Waals surface area contributed by atoms with Crippen LogP contribution in [0.3, 0.4) is 0 Å². The van der Waals surface area contributed by atoms with Crippen LogP contribution >= 0.6 is 56.9 Å². The molecule has 2 heterocycles. The number of para-hydroxylation sites is 1. The first-order chi connectivity index (χ1) is 41.4. The second-order valence-corrected chi connectivity index (χ2v) is 31.6. The van der Waals surface area contributed by atoms with E-state index in [-0.39, 0.29) is 22.9 Å². The van der Waals surface area contributed by atoms with Gasteiger partial charge in [-0.1, -0.05) is 260 Å². The number of aryl methyl sites for hydroxylation is 1. The van der Waals surface area contributed by atoms with Gasteiger partial charge in [0.25, 0.3) is 0 Å². The molecule has 0 N–H and O–H groups in total. The van der Waals surface area contributed by atoms with Gasteiger partial charge in [0.1, 0.15) is 24.6 Å². The molecular formula is C73H64Br4N4Ni2O2. The topological polar surface area (TPSA) is 67.9 Å². The van der Waals surface area contributed by atoms with Gasteiger partial charge in [-0.2, -0.15) is 0 Å². The Balaban J connectivity index is 0.000000197. The van der Waals surface area contributed by atoms with E-state index in [4.69, 9.17) is 29.4 Å². The first kappa shape index (κ1) is 63.2. The second-order valence-electron chi connectivity index (χ2n) is 21.6. The number of benzene rings is 10. The molecule has 0 radical (unpaired) electrons. The van der Waals surface area contributed by atoms with Crippen molar-refractivity contribution in [2.45, 2.75) is 57.5 Å². The molecule has 6 nitrogen and oxygen atoms in total. The van der Waals surface area contributed by atoms with E-state index >= 15 is 0 Å². The van der Waals surface area contributed by atoms with Gasteiger partial charge in [0, 0.05) is 28.3 Å². The van der Waals surface area contributed by atoms with E-state index in [0.29, 0.717) is 25.0 Å². The quantitative estimate of drug-likeness (QED) is 0.0656. The zero-order valence-electron chi connectivity index (χ0n) is 47.6. The van der Waals surface area contributed by atoms with Crippen LogP contribution in [0.4, 0.5) is 11.4 Å². The summed E-state index contributed by atoms with van der Waals surface area (Å²) in [5.74, 6) is 1.08. The van der Waals surface area contributed by atoms with E-state index in [1.807, 2.05) is 36.4 Å². The van der Waals surface area contributed by atoms with Crippen LogP contribution in [0.25, 0.3) is 21.9 Å². The van der Waals surface area contributed by atoms with Gasteiger partial charge < -0.3 is 9.47 Å². The van der Waals surface area contributed by atoms with Crippen molar-refractivity contribution in [1.29, 1.82) is 0 Å². The predicted octanol–water partition coefficient (Wildman–Crippen LogP) is 20.9. The average molecular weight is 1470 g/mol. The minimum atomic E-state index is -0.333. The summed E-state index contributed by atoms with van der Waals surface area (Å²) in [6, 6.07) is 91.5. The zero-order chi connectivity index (χ0) is 59.6. The van der Waals surface area contributed by atoms with Crippen LogP contribution < -0.4 is 0 Å². The summed E-state index contributed by atoms with van der Waals surface area (Å²) in [6.45, 7) is 11.5. The van der Waals surface area contributed by atoms with E-state index in [1.165, 1.54) is 66.1 Å². The molecule has 10 aromatic carbocycles. The molecule has 0 bridgehead atoms. The number of hydrogen-bond donors (Lipinski definition) is 0. The Kier molecular flexibility index (Phi) is 22.9. The molecule has 0 atom stereocenters. The molecule has 436 valence electrons. The molecule has 12 heteroatoms. The molecule has 2 aliphatic heterocycles. The maximum absolute atomic E-state index is 6.32. The molecule has 2 aliphatic rings. The van der Waals surface area contributed by atoms with Crippen LogP contribution in [-0.2, 0) is 31.3 Å². The van der Waals surface area contributed by atoms with Gasteiger partial charge >= 0.3 is 78.7 Å². The summed E-state index contributed by atoms with van der Waals surface area (Å²) < 4.78 is 12.3. The van der Waals surface area contributed by atoms with Crippen LogP contribution in [0.15, 0.2) is 281 Å². The summed E-state index contributed by atoms with van der Waals surface area (Å²) in [5.41, 5.74) is 15.5. The Morgan fingerprint density at radius 3 is 1.15 bits per heavy atom. The first-order valence-corrected chi connectivity index (χ1v) is 37.5. The van der Waals surface area contributed by atoms with E-state index < -0.39 is 0 Å². The van der Waals surface area contributed by atoms with E-state index in [0.717, 1.165) is 50.4 Å². The molecule has 0 saturated heterocycles. The van der Waals surface area contributed by atoms with Gasteiger partial charge in [-0.3, -0.25) is 0 Å². The molecule has 85 heavy (non-hydrogen) atoms. The number of rotatable bonds is 13. The van der Waals surface area contributed by atoms with Crippen LogP contribution in [0.1, 0.15) is 89.6 Å². The van der Waals surface area contributed by atoms with Crippen LogP contribution in [0.2, 0.25) is 0 Å². The number of aliphatic imine (C=N–C) groups is 4. The van der Waals surface area contributed by atoms with Crippen molar-refractivity contribution in [3.63, 3.8) is 0 Å². The fraction of sp³-hybridized carbons (Fsp3) is 0.151. The summed E-state index contributed by atoms with van der Waals surface area (Å²) in [7, 11) is 2.50. The average Bonchev–Trinajstić information content (AvgIpc) is 4.24. The minimum absolute atomic E-state index is 0.0526. The number of halogens is 4. The van der Waals surface area contributed by atoms with Gasteiger partial charge in [0.15, 0.2) is 0 Å². The number of nitrogens with zero attached hydrogens (tertiary/aromatic N) is 4. The normalized spacial score (nSPS) is 14.2. The third kappa shape index (κ3) is 16.6. The molecule has 10 aromatic rings. The number of hydrogen-bond acceptors (Lipinski definition) is 6. The van der Waals surface area contributed by atoms with Crippen molar-refractivity contribution in [3.8, 4) is 11.1 Å². The molecule has 0 aromatic heterocycles. The van der Waals surface area contributed by atoms with E-state index in [1.54, 1.807) is 0 Å². The monoisotopic (exact) mass is 1460 g/mol. The Labute approximate surface area is 541 Å². The number of fused-ring (bicyclic) bond motifs is 1. The Hall–Kier alpha value is -6.35. The maximum atomic E-state index is 6.32.